The van der Waals surface area contributed by atoms with Crippen LogP contribution in [0.3, 0.4) is 0 Å². The Labute approximate surface area is 101 Å². The van der Waals surface area contributed by atoms with Gasteiger partial charge in [-0.15, -0.1) is 0 Å². The lowest BCUT2D eigenvalue weighted by atomic mass is 9.87. The standard InChI is InChI=1S/C12H20N2O3/c1-12(2,3)9(10(15)16)14-11(17)13-8-6-4-5-7-8/h4-5,8-9H,6-7H2,1-3H3,(H,15,16)(H2,13,14,17). The highest BCUT2D eigenvalue weighted by molar-refractivity contribution is 5.83. The number of aliphatic carboxylic acids is 1. The summed E-state index contributed by atoms with van der Waals surface area (Å²) in [6, 6.07) is -1.22. The third-order valence-corrected chi connectivity index (χ3v) is 2.73. The summed E-state index contributed by atoms with van der Waals surface area (Å²) in [6.45, 7) is 5.34. The lowest BCUT2D eigenvalue weighted by Crippen LogP contribution is -2.53. The van der Waals surface area contributed by atoms with E-state index in [-0.39, 0.29) is 6.04 Å². The molecule has 0 radical (unpaired) electrons. The van der Waals surface area contributed by atoms with E-state index in [2.05, 4.69) is 10.6 Å². The summed E-state index contributed by atoms with van der Waals surface area (Å²) in [5.41, 5.74) is -0.517. The molecule has 0 bridgehead atoms. The minimum atomic E-state index is -1.02. The predicted octanol–water partition coefficient (Wildman–Crippen LogP) is 1.50. The number of carboxylic acid groups (broad SMARTS) is 1. The normalized spacial score (nSPS) is 17.8. The Morgan fingerprint density at radius 1 is 1.29 bits per heavy atom. The van der Waals surface area contributed by atoms with Gasteiger partial charge in [-0.1, -0.05) is 32.9 Å². The van der Waals surface area contributed by atoms with Crippen molar-refractivity contribution in [1.29, 1.82) is 0 Å². The van der Waals surface area contributed by atoms with E-state index in [1.54, 1.807) is 20.8 Å². The number of carboxylic acids is 1. The van der Waals surface area contributed by atoms with Crippen molar-refractivity contribution < 1.29 is 14.7 Å². The Balaban J connectivity index is 2.49. The van der Waals surface area contributed by atoms with Crippen molar-refractivity contribution in [1.82, 2.24) is 10.6 Å². The van der Waals surface area contributed by atoms with Crippen molar-refractivity contribution in [3.05, 3.63) is 12.2 Å². The summed E-state index contributed by atoms with van der Waals surface area (Å²) in [5, 5.41) is 14.3. The van der Waals surface area contributed by atoms with Crippen LogP contribution in [0.1, 0.15) is 33.6 Å². The summed E-state index contributed by atoms with van der Waals surface area (Å²) in [7, 11) is 0. The number of carbonyl (C=O) groups excluding carboxylic acids is 1. The molecule has 0 saturated heterocycles. The molecule has 1 atom stereocenters. The number of nitrogens with one attached hydrogen (secondary N) is 2. The number of amides is 2. The number of carbonyl (C=O) groups is 2. The minimum absolute atomic E-state index is 0.0874. The molecule has 5 heteroatoms. The van der Waals surface area contributed by atoms with Crippen LogP contribution in [0.25, 0.3) is 0 Å². The number of rotatable bonds is 3. The Bertz CT molecular complexity index is 323. The summed E-state index contributed by atoms with van der Waals surface area (Å²) >= 11 is 0. The van der Waals surface area contributed by atoms with Gasteiger partial charge in [0.05, 0.1) is 0 Å². The van der Waals surface area contributed by atoms with Crippen molar-refractivity contribution in [2.24, 2.45) is 5.41 Å². The maximum Gasteiger partial charge on any atom is 0.326 e. The van der Waals surface area contributed by atoms with Gasteiger partial charge in [0.25, 0.3) is 0 Å². The van der Waals surface area contributed by atoms with Gasteiger partial charge in [0.2, 0.25) is 0 Å². The van der Waals surface area contributed by atoms with Crippen LogP contribution in [0.15, 0.2) is 12.2 Å². The molecule has 17 heavy (non-hydrogen) atoms. The number of urea groups is 1. The van der Waals surface area contributed by atoms with Crippen LogP contribution in [0.4, 0.5) is 4.79 Å². The van der Waals surface area contributed by atoms with Gasteiger partial charge >= 0.3 is 12.0 Å². The van der Waals surface area contributed by atoms with Crippen LogP contribution in [0, 0.1) is 5.41 Å². The fraction of sp³-hybridized carbons (Fsp3) is 0.667. The highest BCUT2D eigenvalue weighted by Crippen LogP contribution is 2.19. The van der Waals surface area contributed by atoms with Gasteiger partial charge in [-0.05, 0) is 18.3 Å². The van der Waals surface area contributed by atoms with Crippen molar-refractivity contribution in [3.63, 3.8) is 0 Å². The smallest absolute Gasteiger partial charge is 0.326 e. The maximum atomic E-state index is 11.6. The lowest BCUT2D eigenvalue weighted by molar-refractivity contribution is -0.141. The van der Waals surface area contributed by atoms with Crippen LogP contribution in [-0.4, -0.2) is 29.2 Å². The summed E-state index contributed by atoms with van der Waals surface area (Å²) in [6.07, 6.45) is 5.62. The van der Waals surface area contributed by atoms with Gasteiger partial charge in [0, 0.05) is 6.04 Å². The van der Waals surface area contributed by atoms with E-state index in [9.17, 15) is 9.59 Å². The number of hydrogen-bond acceptors (Lipinski definition) is 2. The SMILES string of the molecule is CC(C)(C)C(NC(=O)NC1CC=CC1)C(=O)O. The molecule has 1 aliphatic rings. The molecule has 0 aromatic carbocycles. The van der Waals surface area contributed by atoms with E-state index in [1.165, 1.54) is 0 Å². The molecule has 1 aliphatic carbocycles. The molecule has 2 amide bonds. The van der Waals surface area contributed by atoms with Crippen LogP contribution in [-0.2, 0) is 4.79 Å². The van der Waals surface area contributed by atoms with Crippen LogP contribution in [0.2, 0.25) is 0 Å². The highest BCUT2D eigenvalue weighted by atomic mass is 16.4. The zero-order chi connectivity index (χ0) is 13.1. The van der Waals surface area contributed by atoms with Crippen molar-refractivity contribution in [2.75, 3.05) is 0 Å². The van der Waals surface area contributed by atoms with E-state index in [4.69, 9.17) is 5.11 Å². The first-order chi connectivity index (χ1) is 7.80. The first kappa shape index (κ1) is 13.5. The van der Waals surface area contributed by atoms with Crippen molar-refractivity contribution in [3.8, 4) is 0 Å². The largest absolute Gasteiger partial charge is 0.480 e. The quantitative estimate of drug-likeness (QED) is 0.654. The molecule has 1 unspecified atom stereocenters. The van der Waals surface area contributed by atoms with Gasteiger partial charge in [-0.25, -0.2) is 9.59 Å². The van der Waals surface area contributed by atoms with Crippen LogP contribution in [0.5, 0.6) is 0 Å². The fourth-order valence-corrected chi connectivity index (χ4v) is 1.74. The van der Waals surface area contributed by atoms with Crippen LogP contribution >= 0.6 is 0 Å². The Kier molecular flexibility index (Phi) is 4.15. The maximum absolute atomic E-state index is 11.6. The summed E-state index contributed by atoms with van der Waals surface area (Å²) < 4.78 is 0. The second-order valence-corrected chi connectivity index (χ2v) is 5.39. The molecule has 5 nitrogen and oxygen atoms in total. The van der Waals surface area contributed by atoms with Crippen LogP contribution < -0.4 is 10.6 Å². The zero-order valence-electron chi connectivity index (χ0n) is 10.5. The molecule has 0 spiro atoms. The Morgan fingerprint density at radius 2 is 1.82 bits per heavy atom. The molecular weight excluding hydrogens is 220 g/mol. The molecular formula is C12H20N2O3. The fourth-order valence-electron chi connectivity index (χ4n) is 1.74. The Morgan fingerprint density at radius 3 is 2.24 bits per heavy atom. The second kappa shape index (κ2) is 5.21. The first-order valence-corrected chi connectivity index (χ1v) is 5.75. The predicted molar refractivity (Wildman–Crippen MR) is 64.7 cm³/mol. The minimum Gasteiger partial charge on any atom is -0.480 e. The molecule has 0 saturated carbocycles. The summed E-state index contributed by atoms with van der Waals surface area (Å²) in [5.74, 6) is -1.02. The summed E-state index contributed by atoms with van der Waals surface area (Å²) in [4.78, 5) is 22.7. The van der Waals surface area contributed by atoms with E-state index in [1.807, 2.05) is 12.2 Å². The van der Waals surface area contributed by atoms with Gasteiger partial charge in [0.1, 0.15) is 6.04 Å². The monoisotopic (exact) mass is 240 g/mol. The van der Waals surface area contributed by atoms with Gasteiger partial charge in [-0.2, -0.15) is 0 Å². The van der Waals surface area contributed by atoms with E-state index in [0.717, 1.165) is 12.8 Å². The Hall–Kier alpha value is -1.52. The average molecular weight is 240 g/mol. The topological polar surface area (TPSA) is 78.4 Å². The van der Waals surface area contributed by atoms with Gasteiger partial charge in [-0.3, -0.25) is 0 Å². The molecule has 0 fully saturated rings. The van der Waals surface area contributed by atoms with Crippen molar-refractivity contribution >= 4 is 12.0 Å². The lowest BCUT2D eigenvalue weighted by Gasteiger charge is -2.28. The third kappa shape index (κ3) is 4.09. The van der Waals surface area contributed by atoms with E-state index < -0.39 is 23.5 Å². The molecule has 0 aliphatic heterocycles. The molecule has 3 N–H and O–H groups in total. The highest BCUT2D eigenvalue weighted by Gasteiger charge is 2.32. The molecule has 1 rings (SSSR count). The molecule has 0 aromatic rings. The van der Waals surface area contributed by atoms with Crippen molar-refractivity contribution in [2.45, 2.75) is 45.7 Å². The third-order valence-electron chi connectivity index (χ3n) is 2.73. The molecule has 96 valence electrons. The number of hydrogen-bond donors (Lipinski definition) is 3. The van der Waals surface area contributed by atoms with Gasteiger partial charge < -0.3 is 15.7 Å². The molecule has 0 aromatic heterocycles. The van der Waals surface area contributed by atoms with E-state index in [0.29, 0.717) is 0 Å². The average Bonchev–Trinajstić information content (AvgIpc) is 2.64. The van der Waals surface area contributed by atoms with Gasteiger partial charge in [0.15, 0.2) is 0 Å². The zero-order valence-corrected chi connectivity index (χ0v) is 10.5. The first-order valence-electron chi connectivity index (χ1n) is 5.75. The second-order valence-electron chi connectivity index (χ2n) is 5.39. The van der Waals surface area contributed by atoms with E-state index >= 15 is 0 Å². The molecule has 0 heterocycles.